The van der Waals surface area contributed by atoms with Crippen LogP contribution in [0.25, 0.3) is 0 Å². The molecule has 0 radical (unpaired) electrons. The van der Waals surface area contributed by atoms with Gasteiger partial charge in [-0.05, 0) is 12.8 Å². The molecule has 2 rings (SSSR count). The molecule has 1 fully saturated rings. The Labute approximate surface area is 177 Å². The zero-order chi connectivity index (χ0) is 19.2. The van der Waals surface area contributed by atoms with Gasteiger partial charge in [0, 0.05) is 29.9 Å². The van der Waals surface area contributed by atoms with Gasteiger partial charge in [-0.15, -0.1) is 23.5 Å². The number of hydrogen-bond donors (Lipinski definition) is 0. The minimum atomic E-state index is 0.388. The molecule has 1 aromatic rings. The van der Waals surface area contributed by atoms with Crippen LogP contribution in [0.3, 0.4) is 0 Å². The largest absolute Gasteiger partial charge is 0.335 e. The lowest BCUT2D eigenvalue weighted by molar-refractivity contribution is 0.521. The number of rotatable bonds is 16. The summed E-state index contributed by atoms with van der Waals surface area (Å²) in [5, 5.41) is 0.863. The highest BCUT2D eigenvalue weighted by Crippen LogP contribution is 2.53. The van der Waals surface area contributed by atoms with Crippen molar-refractivity contribution in [2.45, 2.75) is 120 Å². The second kappa shape index (κ2) is 14.0. The Bertz CT molecular complexity index is 463. The van der Waals surface area contributed by atoms with Gasteiger partial charge in [0.25, 0.3) is 0 Å². The first-order valence-electron chi connectivity index (χ1n) is 11.6. The standard InChI is InChI=1S/C23H42N2S2/c1-3-5-7-8-9-10-11-12-13-14-16-23(20-25-18-17-24-21-25)26-19-22(27-23)15-6-4-2/h17-18,21-22H,3-16,19-20H2,1-2H3. The minimum Gasteiger partial charge on any atom is -0.335 e. The molecule has 2 heterocycles. The molecule has 0 bridgehead atoms. The molecular formula is C23H42N2S2. The average molecular weight is 411 g/mol. The van der Waals surface area contributed by atoms with Crippen LogP contribution in [-0.2, 0) is 6.54 Å². The molecule has 0 saturated carbocycles. The Kier molecular flexibility index (Phi) is 12.0. The average Bonchev–Trinajstić information content (AvgIpc) is 3.32. The normalized spacial score (nSPS) is 22.5. The molecule has 27 heavy (non-hydrogen) atoms. The van der Waals surface area contributed by atoms with Gasteiger partial charge >= 0.3 is 0 Å². The summed E-state index contributed by atoms with van der Waals surface area (Å²) < 4.78 is 2.69. The minimum absolute atomic E-state index is 0.388. The monoisotopic (exact) mass is 410 g/mol. The Morgan fingerprint density at radius 2 is 1.59 bits per heavy atom. The summed E-state index contributed by atoms with van der Waals surface area (Å²) in [5.74, 6) is 1.34. The number of nitrogens with zero attached hydrogens (tertiary/aromatic N) is 2. The van der Waals surface area contributed by atoms with Gasteiger partial charge in [0.05, 0.1) is 10.4 Å². The molecule has 0 aliphatic carbocycles. The lowest BCUT2D eigenvalue weighted by Gasteiger charge is -2.28. The topological polar surface area (TPSA) is 17.8 Å². The van der Waals surface area contributed by atoms with Gasteiger partial charge in [0.1, 0.15) is 0 Å². The van der Waals surface area contributed by atoms with Crippen LogP contribution in [0.2, 0.25) is 0 Å². The SMILES string of the molecule is CCCCCCCCCCCCC1(Cn2ccnc2)SCC(CCCC)S1. The highest BCUT2D eigenvalue weighted by Gasteiger charge is 2.40. The third-order valence-electron chi connectivity index (χ3n) is 5.69. The lowest BCUT2D eigenvalue weighted by Crippen LogP contribution is -2.24. The zero-order valence-corrected chi connectivity index (χ0v) is 19.5. The molecule has 1 aliphatic heterocycles. The highest BCUT2D eigenvalue weighted by atomic mass is 32.2. The van der Waals surface area contributed by atoms with Crippen LogP contribution in [0.5, 0.6) is 0 Å². The molecule has 2 atom stereocenters. The van der Waals surface area contributed by atoms with Gasteiger partial charge in [0.15, 0.2) is 0 Å². The second-order valence-corrected chi connectivity index (χ2v) is 11.6. The van der Waals surface area contributed by atoms with E-state index in [2.05, 4.69) is 53.1 Å². The number of hydrogen-bond acceptors (Lipinski definition) is 3. The maximum atomic E-state index is 4.27. The third kappa shape index (κ3) is 9.30. The van der Waals surface area contributed by atoms with Crippen LogP contribution < -0.4 is 0 Å². The molecule has 4 heteroatoms. The fourth-order valence-corrected chi connectivity index (χ4v) is 7.95. The highest BCUT2D eigenvalue weighted by molar-refractivity contribution is 8.21. The summed E-state index contributed by atoms with van der Waals surface area (Å²) in [7, 11) is 0. The molecular weight excluding hydrogens is 368 g/mol. The van der Waals surface area contributed by atoms with E-state index in [1.54, 1.807) is 0 Å². The lowest BCUT2D eigenvalue weighted by atomic mass is 10.0. The Morgan fingerprint density at radius 1 is 0.926 bits per heavy atom. The first-order valence-corrected chi connectivity index (χ1v) is 13.4. The third-order valence-corrected chi connectivity index (χ3v) is 9.47. The van der Waals surface area contributed by atoms with E-state index in [4.69, 9.17) is 0 Å². The predicted molar refractivity (Wildman–Crippen MR) is 125 cm³/mol. The van der Waals surface area contributed by atoms with Crippen LogP contribution >= 0.6 is 23.5 Å². The van der Waals surface area contributed by atoms with Gasteiger partial charge in [0.2, 0.25) is 0 Å². The first kappa shape index (κ1) is 23.2. The van der Waals surface area contributed by atoms with E-state index in [0.717, 1.165) is 11.8 Å². The van der Waals surface area contributed by atoms with Crippen molar-refractivity contribution in [3.8, 4) is 0 Å². The van der Waals surface area contributed by atoms with E-state index in [0.29, 0.717) is 4.08 Å². The van der Waals surface area contributed by atoms with E-state index in [9.17, 15) is 0 Å². The van der Waals surface area contributed by atoms with Crippen molar-refractivity contribution in [2.24, 2.45) is 0 Å². The Hall–Kier alpha value is -0.0900. The second-order valence-electron chi connectivity index (χ2n) is 8.27. The van der Waals surface area contributed by atoms with Crippen molar-refractivity contribution in [3.63, 3.8) is 0 Å². The van der Waals surface area contributed by atoms with Gasteiger partial charge in [-0.25, -0.2) is 4.98 Å². The Morgan fingerprint density at radius 3 is 2.22 bits per heavy atom. The summed E-state index contributed by atoms with van der Waals surface area (Å²) >= 11 is 4.53. The molecule has 1 aliphatic rings. The van der Waals surface area contributed by atoms with Gasteiger partial charge < -0.3 is 4.57 Å². The molecule has 2 unspecified atom stereocenters. The molecule has 0 spiro atoms. The maximum absolute atomic E-state index is 4.27. The number of unbranched alkanes of at least 4 members (excludes halogenated alkanes) is 10. The van der Waals surface area contributed by atoms with E-state index in [-0.39, 0.29) is 0 Å². The first-order chi connectivity index (χ1) is 13.3. The summed E-state index contributed by atoms with van der Waals surface area (Å²) in [6.07, 6.45) is 25.8. The number of aromatic nitrogens is 2. The summed E-state index contributed by atoms with van der Waals surface area (Å²) in [5.41, 5.74) is 0. The molecule has 0 amide bonds. The fourth-order valence-electron chi connectivity index (χ4n) is 4.02. The summed E-state index contributed by atoms with van der Waals surface area (Å²) in [6, 6.07) is 0. The fraction of sp³-hybridized carbons (Fsp3) is 0.870. The molecule has 0 aromatic carbocycles. The van der Waals surface area contributed by atoms with Crippen molar-refractivity contribution in [1.82, 2.24) is 9.55 Å². The van der Waals surface area contributed by atoms with Crippen molar-refractivity contribution >= 4 is 23.5 Å². The molecule has 156 valence electrons. The van der Waals surface area contributed by atoms with E-state index in [1.807, 2.05) is 12.5 Å². The van der Waals surface area contributed by atoms with Crippen molar-refractivity contribution < 1.29 is 0 Å². The van der Waals surface area contributed by atoms with Crippen molar-refractivity contribution in [2.75, 3.05) is 5.75 Å². The van der Waals surface area contributed by atoms with Crippen LogP contribution in [0.15, 0.2) is 18.7 Å². The van der Waals surface area contributed by atoms with Crippen molar-refractivity contribution in [1.29, 1.82) is 0 Å². The van der Waals surface area contributed by atoms with Crippen LogP contribution in [0.1, 0.15) is 104 Å². The Balaban J connectivity index is 1.65. The van der Waals surface area contributed by atoms with Gasteiger partial charge in [-0.3, -0.25) is 0 Å². The zero-order valence-electron chi connectivity index (χ0n) is 17.8. The van der Waals surface area contributed by atoms with E-state index in [1.165, 1.54) is 95.6 Å². The molecule has 2 nitrogen and oxygen atoms in total. The van der Waals surface area contributed by atoms with Crippen LogP contribution in [-0.4, -0.2) is 24.6 Å². The van der Waals surface area contributed by atoms with E-state index >= 15 is 0 Å². The predicted octanol–water partition coefficient (Wildman–Crippen LogP) is 7.93. The molecule has 1 aromatic heterocycles. The number of thioether (sulfide) groups is 2. The van der Waals surface area contributed by atoms with Gasteiger partial charge in [-0.2, -0.15) is 0 Å². The van der Waals surface area contributed by atoms with Crippen LogP contribution in [0, 0.1) is 0 Å². The molecule has 0 N–H and O–H groups in total. The van der Waals surface area contributed by atoms with Gasteiger partial charge in [-0.1, -0.05) is 90.9 Å². The van der Waals surface area contributed by atoms with Crippen molar-refractivity contribution in [3.05, 3.63) is 18.7 Å². The van der Waals surface area contributed by atoms with Crippen LogP contribution in [0.4, 0.5) is 0 Å². The smallest absolute Gasteiger partial charge is 0.0946 e. The molecule has 1 saturated heterocycles. The maximum Gasteiger partial charge on any atom is 0.0946 e. The summed E-state index contributed by atoms with van der Waals surface area (Å²) in [6.45, 7) is 5.74. The number of imidazole rings is 1. The van der Waals surface area contributed by atoms with E-state index < -0.39 is 0 Å². The quantitative estimate of drug-likeness (QED) is 0.258. The summed E-state index contributed by atoms with van der Waals surface area (Å²) in [4.78, 5) is 4.27.